The first-order valence-corrected chi connectivity index (χ1v) is 7.12. The normalized spacial score (nSPS) is 11.7. The molecule has 0 fully saturated rings. The molecular weight excluding hydrogens is 244 g/mol. The molecule has 0 heterocycles. The maximum Gasteiger partial charge on any atom is 0.123 e. The third-order valence-electron chi connectivity index (χ3n) is 3.71. The quantitative estimate of drug-likeness (QED) is 0.745. The van der Waals surface area contributed by atoms with Crippen LogP contribution in [0.5, 0.6) is 5.75 Å². The second-order valence-corrected chi connectivity index (χ2v) is 6.77. The van der Waals surface area contributed by atoms with Gasteiger partial charge in [-0.05, 0) is 55.0 Å². The topological polar surface area (TPSA) is 20.2 Å². The molecule has 0 saturated heterocycles. The molecule has 106 valence electrons. The Kier molecular flexibility index (Phi) is 3.64. The SMILES string of the molecule is Cc1ccc(O)c(-c2c(C)cc(C)cc2C(C)(C)C)c1. The van der Waals surface area contributed by atoms with Crippen LogP contribution >= 0.6 is 0 Å². The first kappa shape index (κ1) is 14.6. The molecule has 0 aliphatic rings. The van der Waals surface area contributed by atoms with Gasteiger partial charge in [0.1, 0.15) is 5.75 Å². The molecular formula is C19H24O. The van der Waals surface area contributed by atoms with Gasteiger partial charge in [-0.25, -0.2) is 0 Å². The van der Waals surface area contributed by atoms with Crippen LogP contribution in [0.2, 0.25) is 0 Å². The average molecular weight is 268 g/mol. The molecule has 0 aromatic heterocycles. The van der Waals surface area contributed by atoms with E-state index in [0.717, 1.165) is 11.1 Å². The lowest BCUT2D eigenvalue weighted by atomic mass is 9.79. The molecule has 0 amide bonds. The van der Waals surface area contributed by atoms with Crippen molar-refractivity contribution in [1.82, 2.24) is 0 Å². The summed E-state index contributed by atoms with van der Waals surface area (Å²) in [5.74, 6) is 0.355. The molecule has 2 aromatic carbocycles. The van der Waals surface area contributed by atoms with Crippen LogP contribution < -0.4 is 0 Å². The van der Waals surface area contributed by atoms with Crippen LogP contribution in [0.4, 0.5) is 0 Å². The van der Waals surface area contributed by atoms with Gasteiger partial charge in [0.25, 0.3) is 0 Å². The monoisotopic (exact) mass is 268 g/mol. The van der Waals surface area contributed by atoms with Gasteiger partial charge in [-0.2, -0.15) is 0 Å². The van der Waals surface area contributed by atoms with E-state index in [1.165, 1.54) is 22.3 Å². The molecule has 0 unspecified atom stereocenters. The molecule has 0 spiro atoms. The summed E-state index contributed by atoms with van der Waals surface area (Å²) < 4.78 is 0. The van der Waals surface area contributed by atoms with Gasteiger partial charge in [-0.15, -0.1) is 0 Å². The van der Waals surface area contributed by atoms with Crippen molar-refractivity contribution in [2.24, 2.45) is 0 Å². The Labute approximate surface area is 122 Å². The molecule has 1 nitrogen and oxygen atoms in total. The maximum atomic E-state index is 10.3. The predicted octanol–water partition coefficient (Wildman–Crippen LogP) is 5.28. The lowest BCUT2D eigenvalue weighted by Crippen LogP contribution is -2.14. The summed E-state index contributed by atoms with van der Waals surface area (Å²) in [5.41, 5.74) is 7.09. The van der Waals surface area contributed by atoms with Crippen LogP contribution in [0.3, 0.4) is 0 Å². The number of benzene rings is 2. The summed E-state index contributed by atoms with van der Waals surface area (Å²) in [6.07, 6.45) is 0. The van der Waals surface area contributed by atoms with Gasteiger partial charge in [-0.3, -0.25) is 0 Å². The van der Waals surface area contributed by atoms with Crippen molar-refractivity contribution in [3.05, 3.63) is 52.6 Å². The summed E-state index contributed by atoms with van der Waals surface area (Å²) in [7, 11) is 0. The second kappa shape index (κ2) is 4.97. The van der Waals surface area contributed by atoms with Gasteiger partial charge in [0.15, 0.2) is 0 Å². The molecule has 1 heteroatoms. The zero-order valence-corrected chi connectivity index (χ0v) is 13.3. The van der Waals surface area contributed by atoms with Crippen LogP contribution in [0, 0.1) is 20.8 Å². The van der Waals surface area contributed by atoms with Crippen molar-refractivity contribution >= 4 is 0 Å². The number of hydrogen-bond donors (Lipinski definition) is 1. The van der Waals surface area contributed by atoms with Gasteiger partial charge in [0, 0.05) is 5.56 Å². The molecule has 0 bridgehead atoms. The molecule has 20 heavy (non-hydrogen) atoms. The highest BCUT2D eigenvalue weighted by atomic mass is 16.3. The zero-order valence-electron chi connectivity index (χ0n) is 13.3. The Morgan fingerprint density at radius 3 is 2.10 bits per heavy atom. The average Bonchev–Trinajstić information content (AvgIpc) is 2.31. The fourth-order valence-electron chi connectivity index (χ4n) is 2.77. The third-order valence-corrected chi connectivity index (χ3v) is 3.71. The Hall–Kier alpha value is -1.76. The molecule has 0 saturated carbocycles. The second-order valence-electron chi connectivity index (χ2n) is 6.77. The van der Waals surface area contributed by atoms with E-state index in [0.29, 0.717) is 5.75 Å². The summed E-state index contributed by atoms with van der Waals surface area (Å²) in [6, 6.07) is 10.2. The number of hydrogen-bond acceptors (Lipinski definition) is 1. The lowest BCUT2D eigenvalue weighted by molar-refractivity contribution is 0.477. The van der Waals surface area contributed by atoms with Crippen molar-refractivity contribution in [3.63, 3.8) is 0 Å². The van der Waals surface area contributed by atoms with Gasteiger partial charge in [-0.1, -0.05) is 50.1 Å². The lowest BCUT2D eigenvalue weighted by Gasteiger charge is -2.26. The summed E-state index contributed by atoms with van der Waals surface area (Å²) >= 11 is 0. The molecule has 0 atom stereocenters. The fraction of sp³-hybridized carbons (Fsp3) is 0.368. The summed E-state index contributed by atoms with van der Waals surface area (Å²) in [4.78, 5) is 0. The van der Waals surface area contributed by atoms with Crippen LogP contribution in [0.15, 0.2) is 30.3 Å². The molecule has 2 rings (SSSR count). The van der Waals surface area contributed by atoms with E-state index in [1.807, 2.05) is 6.07 Å². The molecule has 0 radical (unpaired) electrons. The Bertz CT molecular complexity index is 646. The number of phenolic OH excluding ortho intramolecular Hbond substituents is 1. The largest absolute Gasteiger partial charge is 0.507 e. The minimum atomic E-state index is 0.0439. The highest BCUT2D eigenvalue weighted by molar-refractivity contribution is 5.78. The summed E-state index contributed by atoms with van der Waals surface area (Å²) in [6.45, 7) is 13.0. The van der Waals surface area contributed by atoms with Gasteiger partial charge in [0.2, 0.25) is 0 Å². The third kappa shape index (κ3) is 2.72. The summed E-state index contributed by atoms with van der Waals surface area (Å²) in [5, 5.41) is 10.3. The van der Waals surface area contributed by atoms with E-state index in [9.17, 15) is 5.11 Å². The van der Waals surface area contributed by atoms with E-state index in [2.05, 4.69) is 59.7 Å². The van der Waals surface area contributed by atoms with Crippen LogP contribution in [-0.4, -0.2) is 5.11 Å². The van der Waals surface area contributed by atoms with E-state index in [4.69, 9.17) is 0 Å². The van der Waals surface area contributed by atoms with Crippen LogP contribution in [0.25, 0.3) is 11.1 Å². The Balaban J connectivity index is 2.83. The smallest absolute Gasteiger partial charge is 0.123 e. The predicted molar refractivity (Wildman–Crippen MR) is 86.5 cm³/mol. The standard InChI is InChI=1S/C19H24O/c1-12-7-8-17(20)15(10-12)18-14(3)9-13(2)11-16(18)19(4,5)6/h7-11,20H,1-6H3. The van der Waals surface area contributed by atoms with E-state index in [1.54, 1.807) is 6.07 Å². The zero-order chi connectivity index (χ0) is 15.1. The fourth-order valence-corrected chi connectivity index (χ4v) is 2.77. The van der Waals surface area contributed by atoms with Gasteiger partial charge < -0.3 is 5.11 Å². The molecule has 1 N–H and O–H groups in total. The van der Waals surface area contributed by atoms with Crippen molar-refractivity contribution in [1.29, 1.82) is 0 Å². The van der Waals surface area contributed by atoms with Crippen molar-refractivity contribution < 1.29 is 5.11 Å². The minimum absolute atomic E-state index is 0.0439. The highest BCUT2D eigenvalue weighted by Crippen LogP contribution is 2.40. The van der Waals surface area contributed by atoms with Crippen LogP contribution in [0.1, 0.15) is 43.0 Å². The van der Waals surface area contributed by atoms with Gasteiger partial charge >= 0.3 is 0 Å². The van der Waals surface area contributed by atoms with E-state index in [-0.39, 0.29) is 5.41 Å². The van der Waals surface area contributed by atoms with Crippen LogP contribution in [-0.2, 0) is 5.41 Å². The Morgan fingerprint density at radius 2 is 1.50 bits per heavy atom. The number of aryl methyl sites for hydroxylation is 3. The molecule has 0 aliphatic heterocycles. The first-order chi connectivity index (χ1) is 9.20. The van der Waals surface area contributed by atoms with E-state index >= 15 is 0 Å². The minimum Gasteiger partial charge on any atom is -0.507 e. The van der Waals surface area contributed by atoms with Crippen molar-refractivity contribution in [2.75, 3.05) is 0 Å². The van der Waals surface area contributed by atoms with Crippen molar-refractivity contribution in [3.8, 4) is 16.9 Å². The van der Waals surface area contributed by atoms with Gasteiger partial charge in [0.05, 0.1) is 0 Å². The number of aromatic hydroxyl groups is 1. The molecule has 0 aliphatic carbocycles. The number of phenols is 1. The Morgan fingerprint density at radius 1 is 0.850 bits per heavy atom. The number of rotatable bonds is 1. The van der Waals surface area contributed by atoms with E-state index < -0.39 is 0 Å². The van der Waals surface area contributed by atoms with Crippen molar-refractivity contribution in [2.45, 2.75) is 47.0 Å². The molecule has 2 aromatic rings. The highest BCUT2D eigenvalue weighted by Gasteiger charge is 2.22. The first-order valence-electron chi connectivity index (χ1n) is 7.12. The maximum absolute atomic E-state index is 10.3.